The Labute approximate surface area is 124 Å². The highest BCUT2D eigenvalue weighted by atomic mass is 15.2. The maximum atomic E-state index is 5.85. The van der Waals surface area contributed by atoms with Crippen molar-refractivity contribution < 1.29 is 0 Å². The first-order valence-electron chi connectivity index (χ1n) is 7.41. The van der Waals surface area contributed by atoms with Gasteiger partial charge in [0.05, 0.1) is 0 Å². The molecule has 3 nitrogen and oxygen atoms in total. The zero-order chi connectivity index (χ0) is 15.7. The van der Waals surface area contributed by atoms with Gasteiger partial charge in [0, 0.05) is 30.7 Å². The van der Waals surface area contributed by atoms with E-state index in [1.165, 1.54) is 0 Å². The fourth-order valence-electron chi connectivity index (χ4n) is 2.03. The van der Waals surface area contributed by atoms with Gasteiger partial charge in [-0.05, 0) is 30.0 Å². The molecule has 1 atom stereocenters. The molecule has 20 heavy (non-hydrogen) atoms. The van der Waals surface area contributed by atoms with Crippen LogP contribution in [0.3, 0.4) is 0 Å². The SMILES string of the molecule is CC(N(C)c1cc(CN)cc(C(C)(C)C)n1)C(C)(C)C. The van der Waals surface area contributed by atoms with Crippen LogP contribution in [0.15, 0.2) is 12.1 Å². The van der Waals surface area contributed by atoms with Crippen LogP contribution in [0.5, 0.6) is 0 Å². The van der Waals surface area contributed by atoms with Crippen molar-refractivity contribution in [2.24, 2.45) is 11.1 Å². The van der Waals surface area contributed by atoms with Crippen LogP contribution < -0.4 is 10.6 Å². The van der Waals surface area contributed by atoms with Crippen molar-refractivity contribution in [2.45, 2.75) is 66.5 Å². The van der Waals surface area contributed by atoms with E-state index in [1.54, 1.807) is 0 Å². The van der Waals surface area contributed by atoms with Crippen molar-refractivity contribution in [3.63, 3.8) is 0 Å². The number of hydrogen-bond donors (Lipinski definition) is 1. The van der Waals surface area contributed by atoms with Crippen LogP contribution in [0.1, 0.15) is 59.7 Å². The van der Waals surface area contributed by atoms with Gasteiger partial charge in [0.15, 0.2) is 0 Å². The summed E-state index contributed by atoms with van der Waals surface area (Å²) in [5, 5.41) is 0. The van der Waals surface area contributed by atoms with Gasteiger partial charge in [-0.3, -0.25) is 0 Å². The lowest BCUT2D eigenvalue weighted by Crippen LogP contribution is -2.40. The second kappa shape index (κ2) is 5.72. The van der Waals surface area contributed by atoms with E-state index in [0.717, 1.165) is 17.1 Å². The fourth-order valence-corrected chi connectivity index (χ4v) is 2.03. The average molecular weight is 277 g/mol. The van der Waals surface area contributed by atoms with Crippen molar-refractivity contribution in [3.8, 4) is 0 Å². The van der Waals surface area contributed by atoms with Gasteiger partial charge in [-0.2, -0.15) is 0 Å². The summed E-state index contributed by atoms with van der Waals surface area (Å²) in [5.74, 6) is 1.01. The molecular formula is C17H31N3. The largest absolute Gasteiger partial charge is 0.356 e. The highest BCUT2D eigenvalue weighted by Gasteiger charge is 2.26. The molecule has 0 aromatic carbocycles. The first-order chi connectivity index (χ1) is 8.96. The quantitative estimate of drug-likeness (QED) is 0.916. The van der Waals surface area contributed by atoms with Crippen molar-refractivity contribution in [3.05, 3.63) is 23.4 Å². The number of nitrogens with two attached hydrogens (primary N) is 1. The molecular weight excluding hydrogens is 246 g/mol. The Kier molecular flexibility index (Phi) is 4.86. The summed E-state index contributed by atoms with van der Waals surface area (Å²) >= 11 is 0. The minimum absolute atomic E-state index is 0.0335. The molecule has 1 aromatic rings. The second-order valence-corrected chi connectivity index (χ2v) is 7.83. The van der Waals surface area contributed by atoms with Gasteiger partial charge >= 0.3 is 0 Å². The molecule has 114 valence electrons. The molecule has 0 aliphatic heterocycles. The van der Waals surface area contributed by atoms with Crippen molar-refractivity contribution in [1.29, 1.82) is 0 Å². The summed E-state index contributed by atoms with van der Waals surface area (Å²) in [6.07, 6.45) is 0. The van der Waals surface area contributed by atoms with Crippen LogP contribution in [-0.2, 0) is 12.0 Å². The summed E-state index contributed by atoms with van der Waals surface area (Å²) < 4.78 is 0. The standard InChI is InChI=1S/C17H31N3/c1-12(16(2,3)4)20(8)15-10-13(11-18)9-14(19-15)17(5,6)7/h9-10,12H,11,18H2,1-8H3. The summed E-state index contributed by atoms with van der Waals surface area (Å²) in [6.45, 7) is 16.1. The average Bonchev–Trinajstić information content (AvgIpc) is 2.34. The third-order valence-corrected chi connectivity index (χ3v) is 4.07. The first kappa shape index (κ1) is 17.0. The summed E-state index contributed by atoms with van der Waals surface area (Å²) in [5.41, 5.74) is 8.33. The molecule has 0 saturated heterocycles. The lowest BCUT2D eigenvalue weighted by molar-refractivity contribution is 0.328. The zero-order valence-electron chi connectivity index (χ0n) is 14.4. The number of aromatic nitrogens is 1. The molecule has 3 heteroatoms. The third-order valence-electron chi connectivity index (χ3n) is 4.07. The minimum Gasteiger partial charge on any atom is -0.356 e. The predicted octanol–water partition coefficient (Wildman–Crippen LogP) is 3.71. The maximum Gasteiger partial charge on any atom is 0.129 e. The number of hydrogen-bond acceptors (Lipinski definition) is 3. The maximum absolute atomic E-state index is 5.85. The summed E-state index contributed by atoms with van der Waals surface area (Å²) in [6, 6.07) is 4.63. The van der Waals surface area contributed by atoms with Gasteiger partial charge < -0.3 is 10.6 Å². The zero-order valence-corrected chi connectivity index (χ0v) is 14.4. The molecule has 1 heterocycles. The van der Waals surface area contributed by atoms with E-state index in [2.05, 4.69) is 72.5 Å². The van der Waals surface area contributed by atoms with E-state index in [1.807, 2.05) is 0 Å². The van der Waals surface area contributed by atoms with Gasteiger partial charge in [-0.1, -0.05) is 41.5 Å². The van der Waals surface area contributed by atoms with Crippen LogP contribution >= 0.6 is 0 Å². The second-order valence-electron chi connectivity index (χ2n) is 7.83. The highest BCUT2D eigenvalue weighted by Crippen LogP contribution is 2.29. The molecule has 2 N–H and O–H groups in total. The Morgan fingerprint density at radius 2 is 1.70 bits per heavy atom. The Morgan fingerprint density at radius 1 is 1.15 bits per heavy atom. The van der Waals surface area contributed by atoms with E-state index in [9.17, 15) is 0 Å². The van der Waals surface area contributed by atoms with Gasteiger partial charge in [-0.15, -0.1) is 0 Å². The van der Waals surface area contributed by atoms with Crippen LogP contribution in [0.4, 0.5) is 5.82 Å². The van der Waals surface area contributed by atoms with Gasteiger partial charge in [0.25, 0.3) is 0 Å². The van der Waals surface area contributed by atoms with Crippen LogP contribution in [0, 0.1) is 5.41 Å². The molecule has 0 spiro atoms. The molecule has 0 amide bonds. The number of anilines is 1. The Balaban J connectivity index is 3.24. The predicted molar refractivity (Wildman–Crippen MR) is 88.1 cm³/mol. The lowest BCUT2D eigenvalue weighted by atomic mass is 9.87. The molecule has 0 aliphatic carbocycles. The molecule has 1 rings (SSSR count). The van der Waals surface area contributed by atoms with Crippen molar-refractivity contribution in [2.75, 3.05) is 11.9 Å². The highest BCUT2D eigenvalue weighted by molar-refractivity contribution is 5.44. The molecule has 0 fully saturated rings. The van der Waals surface area contributed by atoms with Crippen LogP contribution in [0.2, 0.25) is 0 Å². The van der Waals surface area contributed by atoms with Crippen LogP contribution in [0.25, 0.3) is 0 Å². The van der Waals surface area contributed by atoms with E-state index in [-0.39, 0.29) is 10.8 Å². The van der Waals surface area contributed by atoms with Gasteiger partial charge in [-0.25, -0.2) is 4.98 Å². The normalized spacial score (nSPS) is 14.2. The van der Waals surface area contributed by atoms with E-state index in [4.69, 9.17) is 10.7 Å². The number of nitrogens with zero attached hydrogens (tertiary/aromatic N) is 2. The monoisotopic (exact) mass is 277 g/mol. The third kappa shape index (κ3) is 3.95. The Bertz CT molecular complexity index is 452. The topological polar surface area (TPSA) is 42.1 Å². The van der Waals surface area contributed by atoms with E-state index in [0.29, 0.717) is 12.6 Å². The van der Waals surface area contributed by atoms with E-state index >= 15 is 0 Å². The lowest BCUT2D eigenvalue weighted by Gasteiger charge is -2.36. The number of rotatable bonds is 3. The van der Waals surface area contributed by atoms with Crippen molar-refractivity contribution >= 4 is 5.82 Å². The molecule has 0 radical (unpaired) electrons. The Morgan fingerprint density at radius 3 is 2.10 bits per heavy atom. The Hall–Kier alpha value is -1.09. The molecule has 1 aromatic heterocycles. The molecule has 0 bridgehead atoms. The van der Waals surface area contributed by atoms with Crippen LogP contribution in [-0.4, -0.2) is 18.1 Å². The molecule has 1 unspecified atom stereocenters. The smallest absolute Gasteiger partial charge is 0.129 e. The van der Waals surface area contributed by atoms with E-state index < -0.39 is 0 Å². The molecule has 0 aliphatic rings. The summed E-state index contributed by atoms with van der Waals surface area (Å²) in [4.78, 5) is 7.12. The van der Waals surface area contributed by atoms with Gasteiger partial charge in [0.1, 0.15) is 5.82 Å². The first-order valence-corrected chi connectivity index (χ1v) is 7.41. The summed E-state index contributed by atoms with van der Waals surface area (Å²) in [7, 11) is 2.12. The number of pyridine rings is 1. The minimum atomic E-state index is 0.0335. The fraction of sp³-hybridized carbons (Fsp3) is 0.706. The molecule has 0 saturated carbocycles. The van der Waals surface area contributed by atoms with Crippen molar-refractivity contribution in [1.82, 2.24) is 4.98 Å². The van der Waals surface area contributed by atoms with Gasteiger partial charge in [0.2, 0.25) is 0 Å².